The summed E-state index contributed by atoms with van der Waals surface area (Å²) in [6.45, 7) is 6.80. The third-order valence-corrected chi connectivity index (χ3v) is 8.80. The zero-order valence-corrected chi connectivity index (χ0v) is 25.9. The quantitative estimate of drug-likeness (QED) is 0.118. The second kappa shape index (κ2) is 13.4. The van der Waals surface area contributed by atoms with Gasteiger partial charge in [-0.2, -0.15) is 0 Å². The minimum absolute atomic E-state index is 0.0207. The number of nitrogen functional groups attached to an aromatic ring is 1. The molecule has 3 aromatic carbocycles. The molecule has 2 aliphatic rings. The molecule has 1 unspecified atom stereocenters. The minimum atomic E-state index is -0.772. The monoisotopic (exact) mass is 616 g/mol. The van der Waals surface area contributed by atoms with Crippen molar-refractivity contribution in [2.45, 2.75) is 38.6 Å². The van der Waals surface area contributed by atoms with Gasteiger partial charge in [0.1, 0.15) is 16.8 Å². The summed E-state index contributed by atoms with van der Waals surface area (Å²) in [6, 6.07) is 11.9. The van der Waals surface area contributed by atoms with Crippen LogP contribution in [0.25, 0.3) is 27.4 Å². The molecule has 11 heteroatoms. The maximum absolute atomic E-state index is 16.1. The SMILES string of the molecule is CCCC(CCNC(=O)c1cn2c3c(c(N)c(F)c(NCCCN4CCOCC4)c3c1=O)Oc1cc3ccccc3cc1-2)NC. The van der Waals surface area contributed by atoms with Crippen molar-refractivity contribution in [3.8, 4) is 17.2 Å². The molecule has 0 saturated carbocycles. The lowest BCUT2D eigenvalue weighted by Crippen LogP contribution is -2.37. The molecule has 238 valence electrons. The fraction of sp³-hybridized carbons (Fsp3) is 0.412. The highest BCUT2D eigenvalue weighted by molar-refractivity contribution is 6.06. The van der Waals surface area contributed by atoms with Gasteiger partial charge in [-0.05, 0) is 55.8 Å². The molecule has 6 rings (SSSR count). The van der Waals surface area contributed by atoms with E-state index in [4.69, 9.17) is 15.2 Å². The Morgan fingerprint density at radius 1 is 1.11 bits per heavy atom. The van der Waals surface area contributed by atoms with Crippen molar-refractivity contribution in [2.24, 2.45) is 0 Å². The Bertz CT molecular complexity index is 1790. The first-order valence-corrected chi connectivity index (χ1v) is 15.8. The molecular weight excluding hydrogens is 575 g/mol. The molecule has 3 heterocycles. The maximum Gasteiger partial charge on any atom is 0.256 e. The number of carbonyl (C=O) groups excluding carboxylic acids is 1. The number of fused-ring (bicyclic) bond motifs is 3. The van der Waals surface area contributed by atoms with Gasteiger partial charge in [0.05, 0.1) is 30.0 Å². The van der Waals surface area contributed by atoms with Gasteiger partial charge in [0.25, 0.3) is 5.91 Å². The van der Waals surface area contributed by atoms with E-state index in [2.05, 4.69) is 27.8 Å². The number of halogens is 1. The van der Waals surface area contributed by atoms with Crippen LogP contribution in [0.1, 0.15) is 43.0 Å². The average molecular weight is 617 g/mol. The van der Waals surface area contributed by atoms with Crippen molar-refractivity contribution in [1.82, 2.24) is 20.1 Å². The van der Waals surface area contributed by atoms with Crippen LogP contribution in [0.2, 0.25) is 0 Å². The van der Waals surface area contributed by atoms with E-state index in [1.165, 1.54) is 6.20 Å². The van der Waals surface area contributed by atoms with Gasteiger partial charge in [-0.3, -0.25) is 14.5 Å². The third-order valence-electron chi connectivity index (χ3n) is 8.80. The van der Waals surface area contributed by atoms with Gasteiger partial charge in [-0.15, -0.1) is 0 Å². The lowest BCUT2D eigenvalue weighted by atomic mass is 10.0. The van der Waals surface area contributed by atoms with Crippen molar-refractivity contribution < 1.29 is 18.7 Å². The third kappa shape index (κ3) is 6.07. The highest BCUT2D eigenvalue weighted by Gasteiger charge is 2.31. The molecule has 1 saturated heterocycles. The fourth-order valence-corrected chi connectivity index (χ4v) is 6.33. The summed E-state index contributed by atoms with van der Waals surface area (Å²) >= 11 is 0. The summed E-state index contributed by atoms with van der Waals surface area (Å²) in [5, 5.41) is 11.3. The van der Waals surface area contributed by atoms with Gasteiger partial charge in [-0.25, -0.2) is 4.39 Å². The van der Waals surface area contributed by atoms with Crippen LogP contribution in [0.15, 0.2) is 47.4 Å². The van der Waals surface area contributed by atoms with Crippen LogP contribution in [0.4, 0.5) is 15.8 Å². The largest absolute Gasteiger partial charge is 0.451 e. The van der Waals surface area contributed by atoms with Crippen LogP contribution in [0.5, 0.6) is 11.5 Å². The maximum atomic E-state index is 16.1. The first-order valence-electron chi connectivity index (χ1n) is 15.8. The van der Waals surface area contributed by atoms with E-state index in [9.17, 15) is 9.59 Å². The second-order valence-corrected chi connectivity index (χ2v) is 11.7. The number of nitrogens with one attached hydrogen (secondary N) is 3. The van der Waals surface area contributed by atoms with Crippen LogP contribution in [-0.2, 0) is 4.74 Å². The Morgan fingerprint density at radius 3 is 2.60 bits per heavy atom. The topological polar surface area (TPSA) is 123 Å². The zero-order valence-electron chi connectivity index (χ0n) is 25.9. The minimum Gasteiger partial charge on any atom is -0.451 e. The van der Waals surface area contributed by atoms with Gasteiger partial charge in [0.2, 0.25) is 5.43 Å². The normalized spacial score (nSPS) is 15.1. The van der Waals surface area contributed by atoms with Gasteiger partial charge in [0, 0.05) is 38.4 Å². The van der Waals surface area contributed by atoms with Crippen molar-refractivity contribution in [3.05, 3.63) is 64.2 Å². The van der Waals surface area contributed by atoms with Gasteiger partial charge < -0.3 is 35.7 Å². The van der Waals surface area contributed by atoms with Crippen molar-refractivity contribution >= 4 is 39.0 Å². The molecule has 1 amide bonds. The predicted molar refractivity (Wildman–Crippen MR) is 177 cm³/mol. The summed E-state index contributed by atoms with van der Waals surface area (Å²) in [7, 11) is 1.90. The van der Waals surface area contributed by atoms with E-state index in [0.29, 0.717) is 56.1 Å². The number of carbonyl (C=O) groups is 1. The number of rotatable bonds is 12. The molecule has 1 fully saturated rings. The molecule has 1 atom stereocenters. The van der Waals surface area contributed by atoms with E-state index in [-0.39, 0.29) is 34.1 Å². The lowest BCUT2D eigenvalue weighted by Gasteiger charge is -2.28. The van der Waals surface area contributed by atoms with E-state index in [0.717, 1.165) is 43.2 Å². The standard InChI is InChI=1S/C34H41FN6O4/c1-3-7-23(37-2)10-12-39-34(43)24-20-41-25-18-21-8-4-5-9-22(21)19-26(25)45-33-29(36)28(35)30(27(31(33)41)32(24)42)38-11-6-13-40-14-16-44-17-15-40/h4-5,8-9,18-20,23,37-38H,3,6-7,10-17,36H2,1-2H3,(H,39,43). The van der Waals surface area contributed by atoms with E-state index >= 15 is 4.39 Å². The Morgan fingerprint density at radius 2 is 1.87 bits per heavy atom. The van der Waals surface area contributed by atoms with Crippen LogP contribution in [-0.4, -0.2) is 74.4 Å². The van der Waals surface area contributed by atoms with Crippen molar-refractivity contribution in [1.29, 1.82) is 0 Å². The average Bonchev–Trinajstić information content (AvgIpc) is 3.06. The predicted octanol–water partition coefficient (Wildman–Crippen LogP) is 4.61. The number of benzene rings is 3. The number of hydrogen-bond acceptors (Lipinski definition) is 8. The van der Waals surface area contributed by atoms with E-state index in [1.54, 1.807) is 4.57 Å². The Balaban J connectivity index is 1.43. The summed E-state index contributed by atoms with van der Waals surface area (Å²) < 4.78 is 29.5. The Kier molecular flexibility index (Phi) is 9.20. The first kappa shape index (κ1) is 30.8. The van der Waals surface area contributed by atoms with Gasteiger partial charge in [0.15, 0.2) is 17.3 Å². The van der Waals surface area contributed by atoms with Crippen LogP contribution >= 0.6 is 0 Å². The van der Waals surface area contributed by atoms with Crippen LogP contribution in [0, 0.1) is 5.82 Å². The first-order chi connectivity index (χ1) is 21.9. The smallest absolute Gasteiger partial charge is 0.256 e. The molecule has 1 aromatic heterocycles. The Labute approximate surface area is 261 Å². The molecule has 4 aromatic rings. The van der Waals surface area contributed by atoms with Crippen molar-refractivity contribution in [3.63, 3.8) is 0 Å². The van der Waals surface area contributed by atoms with E-state index in [1.807, 2.05) is 43.4 Å². The Hall–Kier alpha value is -4.19. The summed E-state index contributed by atoms with van der Waals surface area (Å²) in [6.07, 6.45) is 4.95. The molecule has 10 nitrogen and oxygen atoms in total. The summed E-state index contributed by atoms with van der Waals surface area (Å²) in [5.41, 5.74) is 6.45. The van der Waals surface area contributed by atoms with Gasteiger partial charge in [-0.1, -0.05) is 37.6 Å². The summed E-state index contributed by atoms with van der Waals surface area (Å²) in [4.78, 5) is 30.0. The number of aromatic nitrogens is 1. The number of anilines is 2. The number of morpholine rings is 1. The number of nitrogens with two attached hydrogens (primary N) is 1. The molecule has 0 spiro atoms. The molecular formula is C34H41FN6O4. The molecule has 2 aliphatic heterocycles. The molecule has 0 aliphatic carbocycles. The second-order valence-electron chi connectivity index (χ2n) is 11.7. The number of amides is 1. The molecule has 45 heavy (non-hydrogen) atoms. The number of ether oxygens (including phenoxy) is 2. The fourth-order valence-electron chi connectivity index (χ4n) is 6.33. The zero-order chi connectivity index (χ0) is 31.5. The highest BCUT2D eigenvalue weighted by Crippen LogP contribution is 2.47. The highest BCUT2D eigenvalue weighted by atomic mass is 19.1. The molecule has 0 radical (unpaired) electrons. The molecule has 5 N–H and O–H groups in total. The van der Waals surface area contributed by atoms with Gasteiger partial charge >= 0.3 is 0 Å². The summed E-state index contributed by atoms with van der Waals surface area (Å²) in [5.74, 6) is -0.774. The lowest BCUT2D eigenvalue weighted by molar-refractivity contribution is 0.0378. The molecule has 0 bridgehead atoms. The number of pyridine rings is 1. The van der Waals surface area contributed by atoms with Crippen molar-refractivity contribution in [2.75, 3.05) is 64.0 Å². The van der Waals surface area contributed by atoms with E-state index < -0.39 is 17.2 Å². The number of nitrogens with zero attached hydrogens (tertiary/aromatic N) is 2. The number of hydrogen-bond donors (Lipinski definition) is 4. The van der Waals surface area contributed by atoms with Crippen LogP contribution in [0.3, 0.4) is 0 Å². The van der Waals surface area contributed by atoms with Crippen LogP contribution < -0.4 is 31.8 Å².